The van der Waals surface area contributed by atoms with Crippen LogP contribution in [0.3, 0.4) is 0 Å². The molecule has 0 saturated heterocycles. The van der Waals surface area contributed by atoms with Gasteiger partial charge in [-0.05, 0) is 24.3 Å². The van der Waals surface area contributed by atoms with Crippen LogP contribution in [0.25, 0.3) is 0 Å². The van der Waals surface area contributed by atoms with Gasteiger partial charge in [-0.2, -0.15) is 5.10 Å². The van der Waals surface area contributed by atoms with Gasteiger partial charge >= 0.3 is 0 Å². The Hall–Kier alpha value is -3.62. The zero-order chi connectivity index (χ0) is 21.4. The van der Waals surface area contributed by atoms with Crippen LogP contribution in [0.5, 0.6) is 34.5 Å². The van der Waals surface area contributed by atoms with Crippen LogP contribution in [0.2, 0.25) is 0 Å². The fourth-order valence-corrected chi connectivity index (χ4v) is 2.66. The topological polar surface area (TPSA) is 96.8 Å². The van der Waals surface area contributed by atoms with Gasteiger partial charge in [0.05, 0.1) is 48.9 Å². The number of benzene rings is 2. The van der Waals surface area contributed by atoms with E-state index in [1.165, 1.54) is 61.0 Å². The molecule has 0 atom stereocenters. The number of rotatable bonds is 9. The Morgan fingerprint density at radius 3 is 1.79 bits per heavy atom. The highest BCUT2D eigenvalue weighted by molar-refractivity contribution is 5.96. The van der Waals surface area contributed by atoms with E-state index in [0.717, 1.165) is 0 Å². The first kappa shape index (κ1) is 21.7. The molecule has 0 fully saturated rings. The Morgan fingerprint density at radius 1 is 0.759 bits per heavy atom. The Morgan fingerprint density at radius 2 is 1.31 bits per heavy atom. The number of amides is 1. The van der Waals surface area contributed by atoms with E-state index in [1.54, 1.807) is 12.1 Å². The molecule has 9 heteroatoms. The molecule has 2 aromatic carbocycles. The molecule has 0 spiro atoms. The first-order chi connectivity index (χ1) is 14.0. The molecule has 0 radical (unpaired) electrons. The molecule has 156 valence electrons. The lowest BCUT2D eigenvalue weighted by molar-refractivity contribution is 0.0954. The van der Waals surface area contributed by atoms with Crippen molar-refractivity contribution in [2.24, 2.45) is 5.10 Å². The van der Waals surface area contributed by atoms with Crippen LogP contribution in [-0.4, -0.2) is 54.8 Å². The SMILES string of the molecule is COc1cc(C(=O)N/N=C\c2ccc(OC)c(OC)c2OC)cc(OC)c1OC. The minimum atomic E-state index is -0.458. The maximum Gasteiger partial charge on any atom is 0.271 e. The van der Waals surface area contributed by atoms with E-state index in [0.29, 0.717) is 40.1 Å². The van der Waals surface area contributed by atoms with Crippen LogP contribution in [0.15, 0.2) is 29.4 Å². The quantitative estimate of drug-likeness (QED) is 0.507. The number of ether oxygens (including phenoxy) is 6. The average molecular weight is 404 g/mol. The number of carbonyl (C=O) groups excluding carboxylic acids is 1. The molecular formula is C20H24N2O7. The van der Waals surface area contributed by atoms with Gasteiger partial charge in [-0.15, -0.1) is 0 Å². The summed E-state index contributed by atoms with van der Waals surface area (Å²) in [6.07, 6.45) is 1.44. The summed E-state index contributed by atoms with van der Waals surface area (Å²) in [7, 11) is 8.97. The minimum absolute atomic E-state index is 0.288. The number of hydrogen-bond acceptors (Lipinski definition) is 8. The molecule has 0 aliphatic heterocycles. The van der Waals surface area contributed by atoms with Crippen molar-refractivity contribution in [2.75, 3.05) is 42.7 Å². The van der Waals surface area contributed by atoms with E-state index in [1.807, 2.05) is 0 Å². The number of nitrogens with zero attached hydrogens (tertiary/aromatic N) is 1. The van der Waals surface area contributed by atoms with Crippen molar-refractivity contribution in [3.63, 3.8) is 0 Å². The minimum Gasteiger partial charge on any atom is -0.493 e. The third-order valence-electron chi connectivity index (χ3n) is 4.03. The molecule has 0 unspecified atom stereocenters. The van der Waals surface area contributed by atoms with Gasteiger partial charge in [0.25, 0.3) is 5.91 Å². The molecule has 9 nitrogen and oxygen atoms in total. The maximum atomic E-state index is 12.5. The van der Waals surface area contributed by atoms with Gasteiger partial charge in [-0.25, -0.2) is 5.43 Å². The predicted octanol–water partition coefficient (Wildman–Crippen LogP) is 2.50. The zero-order valence-electron chi connectivity index (χ0n) is 17.2. The molecule has 1 amide bonds. The normalized spacial score (nSPS) is 10.4. The number of methoxy groups -OCH3 is 6. The Balaban J connectivity index is 2.26. The Kier molecular flexibility index (Phi) is 7.53. The lowest BCUT2D eigenvalue weighted by Gasteiger charge is -2.14. The van der Waals surface area contributed by atoms with Gasteiger partial charge in [0.15, 0.2) is 23.0 Å². The number of nitrogens with one attached hydrogen (secondary N) is 1. The van der Waals surface area contributed by atoms with Gasteiger partial charge in [0.1, 0.15) is 0 Å². The van der Waals surface area contributed by atoms with E-state index in [9.17, 15) is 4.79 Å². The average Bonchev–Trinajstić information content (AvgIpc) is 2.76. The van der Waals surface area contributed by atoms with E-state index >= 15 is 0 Å². The smallest absolute Gasteiger partial charge is 0.271 e. The van der Waals surface area contributed by atoms with E-state index < -0.39 is 5.91 Å². The van der Waals surface area contributed by atoms with Crippen LogP contribution in [0.4, 0.5) is 0 Å². The molecule has 0 aliphatic rings. The van der Waals surface area contributed by atoms with Crippen molar-refractivity contribution in [1.29, 1.82) is 0 Å². The highest BCUT2D eigenvalue weighted by atomic mass is 16.5. The monoisotopic (exact) mass is 404 g/mol. The van der Waals surface area contributed by atoms with Gasteiger partial charge in [0.2, 0.25) is 11.5 Å². The highest BCUT2D eigenvalue weighted by Crippen LogP contribution is 2.39. The fourth-order valence-electron chi connectivity index (χ4n) is 2.66. The number of carbonyl (C=O) groups is 1. The summed E-state index contributed by atoms with van der Waals surface area (Å²) >= 11 is 0. The first-order valence-electron chi connectivity index (χ1n) is 8.46. The van der Waals surface area contributed by atoms with Crippen molar-refractivity contribution in [3.8, 4) is 34.5 Å². The van der Waals surface area contributed by atoms with E-state index in [4.69, 9.17) is 28.4 Å². The summed E-state index contributed by atoms with van der Waals surface area (Å²) in [6, 6.07) is 6.51. The predicted molar refractivity (Wildman–Crippen MR) is 107 cm³/mol. The van der Waals surface area contributed by atoms with Crippen molar-refractivity contribution < 1.29 is 33.2 Å². The molecule has 1 N–H and O–H groups in total. The van der Waals surface area contributed by atoms with Crippen molar-refractivity contribution in [3.05, 3.63) is 35.4 Å². The number of hydrazone groups is 1. The largest absolute Gasteiger partial charge is 0.493 e. The fraction of sp³-hybridized carbons (Fsp3) is 0.300. The van der Waals surface area contributed by atoms with Crippen molar-refractivity contribution in [2.45, 2.75) is 0 Å². The second-order valence-electron chi connectivity index (χ2n) is 5.54. The molecule has 0 saturated carbocycles. The summed E-state index contributed by atoms with van der Waals surface area (Å²) in [5.74, 6) is 2.03. The van der Waals surface area contributed by atoms with Gasteiger partial charge in [0, 0.05) is 11.1 Å². The molecule has 0 aliphatic carbocycles. The molecular weight excluding hydrogens is 380 g/mol. The Labute approximate surface area is 169 Å². The lowest BCUT2D eigenvalue weighted by Crippen LogP contribution is -2.18. The van der Waals surface area contributed by atoms with Gasteiger partial charge < -0.3 is 28.4 Å². The molecule has 0 heterocycles. The van der Waals surface area contributed by atoms with E-state index in [-0.39, 0.29) is 5.56 Å². The van der Waals surface area contributed by atoms with Crippen LogP contribution in [0, 0.1) is 0 Å². The third-order valence-corrected chi connectivity index (χ3v) is 4.03. The summed E-state index contributed by atoms with van der Waals surface area (Å²) in [4.78, 5) is 12.5. The second kappa shape index (κ2) is 10.1. The van der Waals surface area contributed by atoms with Crippen LogP contribution < -0.4 is 33.8 Å². The van der Waals surface area contributed by atoms with Gasteiger partial charge in [-0.1, -0.05) is 0 Å². The summed E-state index contributed by atoms with van der Waals surface area (Å²) in [5.41, 5.74) is 3.34. The van der Waals surface area contributed by atoms with Gasteiger partial charge in [-0.3, -0.25) is 4.79 Å². The van der Waals surface area contributed by atoms with Crippen LogP contribution in [0.1, 0.15) is 15.9 Å². The summed E-state index contributed by atoms with van der Waals surface area (Å²) < 4.78 is 31.7. The Bertz CT molecular complexity index is 872. The second-order valence-corrected chi connectivity index (χ2v) is 5.54. The molecule has 2 aromatic rings. The first-order valence-corrected chi connectivity index (χ1v) is 8.46. The summed E-state index contributed by atoms with van der Waals surface area (Å²) in [5, 5.41) is 4.00. The molecule has 0 aromatic heterocycles. The zero-order valence-corrected chi connectivity index (χ0v) is 17.2. The van der Waals surface area contributed by atoms with Crippen LogP contribution >= 0.6 is 0 Å². The lowest BCUT2D eigenvalue weighted by atomic mass is 10.1. The van der Waals surface area contributed by atoms with E-state index in [2.05, 4.69) is 10.5 Å². The van der Waals surface area contributed by atoms with Crippen molar-refractivity contribution in [1.82, 2.24) is 5.43 Å². The molecule has 2 rings (SSSR count). The molecule has 0 bridgehead atoms. The van der Waals surface area contributed by atoms with Crippen LogP contribution in [-0.2, 0) is 0 Å². The highest BCUT2D eigenvalue weighted by Gasteiger charge is 2.17. The third kappa shape index (κ3) is 4.63. The standard InChI is InChI=1S/C20H24N2O7/c1-24-14-8-7-12(17(27-4)19(14)29-6)11-21-22-20(23)13-9-15(25-2)18(28-5)16(10-13)26-3/h7-11H,1-6H3,(H,22,23)/b21-11-. The number of hydrogen-bond donors (Lipinski definition) is 1. The maximum absolute atomic E-state index is 12.5. The van der Waals surface area contributed by atoms with Crippen molar-refractivity contribution >= 4 is 12.1 Å². The molecule has 29 heavy (non-hydrogen) atoms. The summed E-state index contributed by atoms with van der Waals surface area (Å²) in [6.45, 7) is 0.